The predicted octanol–water partition coefficient (Wildman–Crippen LogP) is 1.93. The summed E-state index contributed by atoms with van der Waals surface area (Å²) in [6.45, 7) is 3.47. The molecule has 0 aromatic carbocycles. The lowest BCUT2D eigenvalue weighted by Gasteiger charge is -2.20. The molecule has 0 bridgehead atoms. The number of rotatable bonds is 4. The normalized spacial score (nSPS) is 22.0. The first-order chi connectivity index (χ1) is 6.84. The van der Waals surface area contributed by atoms with Gasteiger partial charge in [0, 0.05) is 19.1 Å². The van der Waals surface area contributed by atoms with Crippen molar-refractivity contribution in [2.24, 2.45) is 0 Å². The Morgan fingerprint density at radius 2 is 2.57 bits per heavy atom. The summed E-state index contributed by atoms with van der Waals surface area (Å²) in [5.41, 5.74) is 1.44. The molecule has 0 radical (unpaired) electrons. The van der Waals surface area contributed by atoms with Gasteiger partial charge in [0.2, 0.25) is 0 Å². The molecule has 0 aliphatic carbocycles. The first-order valence-corrected chi connectivity index (χ1v) is 6.22. The summed E-state index contributed by atoms with van der Waals surface area (Å²) < 4.78 is 0. The number of likely N-dealkylation sites (N-methyl/N-ethyl adjacent to an activating group) is 1. The summed E-state index contributed by atoms with van der Waals surface area (Å²) in [7, 11) is 2.21. The van der Waals surface area contributed by atoms with Crippen molar-refractivity contribution in [3.05, 3.63) is 22.4 Å². The zero-order chi connectivity index (χ0) is 9.80. The number of nitrogens with zero attached hydrogens (tertiary/aromatic N) is 1. The molecular weight excluding hydrogens is 192 g/mol. The molecule has 1 aliphatic rings. The van der Waals surface area contributed by atoms with E-state index in [4.69, 9.17) is 0 Å². The largest absolute Gasteiger partial charge is 0.313 e. The van der Waals surface area contributed by atoms with Gasteiger partial charge in [0.15, 0.2) is 0 Å². The van der Waals surface area contributed by atoms with E-state index in [1.165, 1.54) is 31.5 Å². The van der Waals surface area contributed by atoms with Crippen molar-refractivity contribution < 1.29 is 0 Å². The summed E-state index contributed by atoms with van der Waals surface area (Å²) in [6.07, 6.45) is 2.69. The Balaban J connectivity index is 1.75. The molecule has 0 saturated carbocycles. The van der Waals surface area contributed by atoms with Gasteiger partial charge in [-0.1, -0.05) is 0 Å². The van der Waals surface area contributed by atoms with Crippen molar-refractivity contribution in [3.8, 4) is 0 Å². The van der Waals surface area contributed by atoms with Crippen LogP contribution in [0.4, 0.5) is 0 Å². The van der Waals surface area contributed by atoms with Crippen LogP contribution < -0.4 is 5.32 Å². The lowest BCUT2D eigenvalue weighted by molar-refractivity contribution is 0.293. The summed E-state index contributed by atoms with van der Waals surface area (Å²) in [5.74, 6) is 0. The second-order valence-electron chi connectivity index (χ2n) is 4.12. The fraction of sp³-hybridized carbons (Fsp3) is 0.636. The molecule has 2 nitrogen and oxygen atoms in total. The Morgan fingerprint density at radius 3 is 3.21 bits per heavy atom. The van der Waals surface area contributed by atoms with Crippen LogP contribution in [0.25, 0.3) is 0 Å². The summed E-state index contributed by atoms with van der Waals surface area (Å²) in [5, 5.41) is 7.91. The zero-order valence-electron chi connectivity index (χ0n) is 8.70. The molecule has 1 aromatic rings. The highest BCUT2D eigenvalue weighted by atomic mass is 32.1. The van der Waals surface area contributed by atoms with Gasteiger partial charge in [-0.25, -0.2) is 0 Å². The first-order valence-electron chi connectivity index (χ1n) is 5.27. The van der Waals surface area contributed by atoms with Gasteiger partial charge < -0.3 is 10.2 Å². The first kappa shape index (κ1) is 10.1. The summed E-state index contributed by atoms with van der Waals surface area (Å²) in [6, 6.07) is 2.93. The molecule has 2 heterocycles. The topological polar surface area (TPSA) is 15.3 Å². The maximum Gasteiger partial charge on any atom is 0.0239 e. The third-order valence-electron chi connectivity index (χ3n) is 2.73. The molecule has 1 aromatic heterocycles. The van der Waals surface area contributed by atoms with Crippen molar-refractivity contribution in [1.29, 1.82) is 0 Å². The lowest BCUT2D eigenvalue weighted by Crippen LogP contribution is -2.34. The third-order valence-corrected chi connectivity index (χ3v) is 3.46. The van der Waals surface area contributed by atoms with Crippen LogP contribution in [0.15, 0.2) is 16.8 Å². The van der Waals surface area contributed by atoms with Crippen molar-refractivity contribution in [2.45, 2.75) is 25.4 Å². The molecule has 1 fully saturated rings. The molecule has 0 amide bonds. The highest BCUT2D eigenvalue weighted by Gasteiger charge is 2.15. The minimum atomic E-state index is 0.721. The van der Waals surface area contributed by atoms with E-state index in [-0.39, 0.29) is 0 Å². The van der Waals surface area contributed by atoms with Gasteiger partial charge >= 0.3 is 0 Å². The van der Waals surface area contributed by atoms with Gasteiger partial charge in [-0.15, -0.1) is 0 Å². The molecule has 78 valence electrons. The van der Waals surface area contributed by atoms with Crippen molar-refractivity contribution >= 4 is 11.3 Å². The zero-order valence-corrected chi connectivity index (χ0v) is 9.52. The van der Waals surface area contributed by atoms with Gasteiger partial charge in [-0.2, -0.15) is 11.3 Å². The van der Waals surface area contributed by atoms with Crippen LogP contribution in [-0.2, 0) is 6.54 Å². The number of hydrogen-bond acceptors (Lipinski definition) is 3. The van der Waals surface area contributed by atoms with Crippen LogP contribution >= 0.6 is 11.3 Å². The van der Waals surface area contributed by atoms with Crippen LogP contribution in [0, 0.1) is 0 Å². The fourth-order valence-corrected chi connectivity index (χ4v) is 2.71. The highest BCUT2D eigenvalue weighted by Crippen LogP contribution is 2.11. The Bertz CT molecular complexity index is 252. The maximum absolute atomic E-state index is 3.53. The molecule has 1 atom stereocenters. The monoisotopic (exact) mass is 210 g/mol. The molecular formula is C11H18N2S. The summed E-state index contributed by atoms with van der Waals surface area (Å²) >= 11 is 1.78. The molecule has 1 aliphatic heterocycles. The molecule has 3 heteroatoms. The van der Waals surface area contributed by atoms with Gasteiger partial charge in [-0.3, -0.25) is 0 Å². The van der Waals surface area contributed by atoms with Crippen LogP contribution in [-0.4, -0.2) is 31.1 Å². The molecule has 1 N–H and O–H groups in total. The van der Waals surface area contributed by atoms with Crippen molar-refractivity contribution in [3.63, 3.8) is 0 Å². The second-order valence-corrected chi connectivity index (χ2v) is 4.90. The maximum atomic E-state index is 3.53. The van der Waals surface area contributed by atoms with Gasteiger partial charge in [-0.05, 0) is 48.8 Å². The van der Waals surface area contributed by atoms with E-state index >= 15 is 0 Å². The van der Waals surface area contributed by atoms with E-state index in [1.807, 2.05) is 0 Å². The van der Waals surface area contributed by atoms with E-state index in [0.717, 1.165) is 12.6 Å². The van der Waals surface area contributed by atoms with Gasteiger partial charge in [0.1, 0.15) is 0 Å². The van der Waals surface area contributed by atoms with Gasteiger partial charge in [0.05, 0.1) is 0 Å². The van der Waals surface area contributed by atoms with E-state index in [0.29, 0.717) is 0 Å². The molecule has 0 spiro atoms. The van der Waals surface area contributed by atoms with Gasteiger partial charge in [0.25, 0.3) is 0 Å². The molecule has 14 heavy (non-hydrogen) atoms. The molecule has 0 unspecified atom stereocenters. The SMILES string of the molecule is CN(Cc1ccsc1)C[C@H]1CCCN1. The van der Waals surface area contributed by atoms with E-state index in [9.17, 15) is 0 Å². The molecule has 2 rings (SSSR count). The van der Waals surface area contributed by atoms with Crippen molar-refractivity contribution in [2.75, 3.05) is 20.1 Å². The highest BCUT2D eigenvalue weighted by molar-refractivity contribution is 7.07. The van der Waals surface area contributed by atoms with Crippen molar-refractivity contribution in [1.82, 2.24) is 10.2 Å². The third kappa shape index (κ3) is 2.80. The number of hydrogen-bond donors (Lipinski definition) is 1. The number of nitrogens with one attached hydrogen (secondary N) is 1. The quantitative estimate of drug-likeness (QED) is 0.817. The van der Waals surface area contributed by atoms with Crippen LogP contribution in [0.5, 0.6) is 0 Å². The Kier molecular flexibility index (Phi) is 3.56. The Hall–Kier alpha value is -0.380. The Labute approximate surface area is 89.9 Å². The van der Waals surface area contributed by atoms with E-state index in [1.54, 1.807) is 11.3 Å². The van der Waals surface area contributed by atoms with E-state index < -0.39 is 0 Å². The van der Waals surface area contributed by atoms with Crippen LogP contribution in [0.3, 0.4) is 0 Å². The van der Waals surface area contributed by atoms with Crippen LogP contribution in [0.1, 0.15) is 18.4 Å². The minimum Gasteiger partial charge on any atom is -0.313 e. The van der Waals surface area contributed by atoms with E-state index in [2.05, 4.69) is 34.1 Å². The smallest absolute Gasteiger partial charge is 0.0239 e. The fourth-order valence-electron chi connectivity index (χ4n) is 2.05. The second kappa shape index (κ2) is 4.91. The average molecular weight is 210 g/mol. The Morgan fingerprint density at radius 1 is 1.64 bits per heavy atom. The predicted molar refractivity (Wildman–Crippen MR) is 61.7 cm³/mol. The minimum absolute atomic E-state index is 0.721. The number of thiophene rings is 1. The summed E-state index contributed by atoms with van der Waals surface area (Å²) in [4.78, 5) is 2.41. The lowest BCUT2D eigenvalue weighted by atomic mass is 10.2. The average Bonchev–Trinajstić information content (AvgIpc) is 2.76. The molecule has 1 saturated heterocycles. The standard InChI is InChI=1S/C11H18N2S/c1-13(7-10-4-6-14-9-10)8-11-3-2-5-12-11/h4,6,9,11-12H,2-3,5,7-8H2,1H3/t11-/m1/s1. The van der Waals surface area contributed by atoms with Crippen LogP contribution in [0.2, 0.25) is 0 Å².